The lowest BCUT2D eigenvalue weighted by molar-refractivity contribution is -0.138. The molecule has 1 saturated heterocycles. The van der Waals surface area contributed by atoms with E-state index in [0.29, 0.717) is 19.0 Å². The average molecular weight is 256 g/mol. The van der Waals surface area contributed by atoms with E-state index in [1.54, 1.807) is 4.90 Å². The van der Waals surface area contributed by atoms with E-state index in [4.69, 9.17) is 5.11 Å². The lowest BCUT2D eigenvalue weighted by Gasteiger charge is -2.25. The summed E-state index contributed by atoms with van der Waals surface area (Å²) in [4.78, 5) is 24.4. The molecule has 1 aliphatic heterocycles. The van der Waals surface area contributed by atoms with Crippen molar-refractivity contribution in [3.8, 4) is 0 Å². The van der Waals surface area contributed by atoms with Crippen molar-refractivity contribution >= 4 is 12.0 Å². The maximum absolute atomic E-state index is 12.0. The van der Waals surface area contributed by atoms with E-state index in [9.17, 15) is 9.59 Å². The predicted octanol–water partition coefficient (Wildman–Crippen LogP) is 1.93. The van der Waals surface area contributed by atoms with E-state index >= 15 is 0 Å². The molecule has 0 radical (unpaired) electrons. The Morgan fingerprint density at radius 2 is 2.11 bits per heavy atom. The van der Waals surface area contributed by atoms with Crippen LogP contribution in [0.4, 0.5) is 4.79 Å². The van der Waals surface area contributed by atoms with Crippen molar-refractivity contribution in [1.82, 2.24) is 10.2 Å². The van der Waals surface area contributed by atoms with Crippen molar-refractivity contribution < 1.29 is 14.7 Å². The number of urea groups is 1. The molecule has 2 amide bonds. The monoisotopic (exact) mass is 256 g/mol. The minimum absolute atomic E-state index is 0.0524. The van der Waals surface area contributed by atoms with Gasteiger partial charge in [0.1, 0.15) is 0 Å². The molecule has 2 unspecified atom stereocenters. The van der Waals surface area contributed by atoms with Crippen LogP contribution >= 0.6 is 0 Å². The molecule has 0 aromatic heterocycles. The zero-order valence-corrected chi connectivity index (χ0v) is 11.5. The number of carbonyl (C=O) groups is 2. The van der Waals surface area contributed by atoms with Gasteiger partial charge in [-0.25, -0.2) is 4.79 Å². The molecular formula is C13H24N2O3. The Morgan fingerprint density at radius 3 is 2.61 bits per heavy atom. The van der Waals surface area contributed by atoms with Gasteiger partial charge >= 0.3 is 12.0 Å². The van der Waals surface area contributed by atoms with Crippen LogP contribution in [0.25, 0.3) is 0 Å². The fraction of sp³-hybridized carbons (Fsp3) is 0.846. The Balaban J connectivity index is 2.42. The number of rotatable bonds is 5. The number of nitrogens with one attached hydrogen (secondary N) is 1. The number of carbonyl (C=O) groups excluding carboxylic acids is 1. The van der Waals surface area contributed by atoms with Crippen molar-refractivity contribution in [3.63, 3.8) is 0 Å². The number of carboxylic acids is 1. The highest BCUT2D eigenvalue weighted by Crippen LogP contribution is 2.19. The van der Waals surface area contributed by atoms with Crippen LogP contribution in [0.3, 0.4) is 0 Å². The minimum atomic E-state index is -0.782. The summed E-state index contributed by atoms with van der Waals surface area (Å²) in [6, 6.07) is 0.138. The number of nitrogens with zero attached hydrogens (tertiary/aromatic N) is 1. The number of likely N-dealkylation sites (tertiary alicyclic amines) is 1. The van der Waals surface area contributed by atoms with Gasteiger partial charge in [-0.15, -0.1) is 0 Å². The molecular weight excluding hydrogens is 232 g/mol. The fourth-order valence-electron chi connectivity index (χ4n) is 2.42. The molecule has 0 aromatic rings. The van der Waals surface area contributed by atoms with Gasteiger partial charge in [0.15, 0.2) is 0 Å². The van der Waals surface area contributed by atoms with Crippen LogP contribution < -0.4 is 5.32 Å². The molecule has 2 atom stereocenters. The van der Waals surface area contributed by atoms with Crippen LogP contribution in [0.2, 0.25) is 0 Å². The Kier molecular flexibility index (Phi) is 5.44. The van der Waals surface area contributed by atoms with E-state index in [1.165, 1.54) is 0 Å². The summed E-state index contributed by atoms with van der Waals surface area (Å²) in [6.45, 7) is 7.46. The topological polar surface area (TPSA) is 69.6 Å². The molecule has 0 saturated carbocycles. The summed E-state index contributed by atoms with van der Waals surface area (Å²) in [5.74, 6) is -0.264. The fourth-order valence-corrected chi connectivity index (χ4v) is 2.42. The van der Waals surface area contributed by atoms with Gasteiger partial charge in [-0.2, -0.15) is 0 Å². The van der Waals surface area contributed by atoms with Gasteiger partial charge in [0.2, 0.25) is 0 Å². The molecule has 1 heterocycles. The first kappa shape index (κ1) is 14.8. The molecule has 5 heteroatoms. The Morgan fingerprint density at radius 1 is 1.44 bits per heavy atom. The number of amides is 2. The van der Waals surface area contributed by atoms with Crippen molar-refractivity contribution in [2.75, 3.05) is 13.1 Å². The molecule has 0 bridgehead atoms. The van der Waals surface area contributed by atoms with Crippen molar-refractivity contribution in [3.05, 3.63) is 0 Å². The molecule has 0 spiro atoms. The van der Waals surface area contributed by atoms with Crippen LogP contribution in [-0.2, 0) is 4.79 Å². The molecule has 1 fully saturated rings. The molecule has 0 aromatic carbocycles. The van der Waals surface area contributed by atoms with Crippen LogP contribution in [0.15, 0.2) is 0 Å². The normalized spacial score (nSPS) is 21.1. The number of hydrogen-bond donors (Lipinski definition) is 2. The Labute approximate surface area is 109 Å². The highest BCUT2D eigenvalue weighted by atomic mass is 16.4. The summed E-state index contributed by atoms with van der Waals surface area (Å²) in [7, 11) is 0. The van der Waals surface area contributed by atoms with Crippen LogP contribution in [-0.4, -0.2) is 41.1 Å². The van der Waals surface area contributed by atoms with Crippen LogP contribution in [0.1, 0.15) is 40.0 Å². The molecule has 18 heavy (non-hydrogen) atoms. The number of hydrogen-bond acceptors (Lipinski definition) is 2. The van der Waals surface area contributed by atoms with Gasteiger partial charge in [0.05, 0.1) is 0 Å². The molecule has 0 aliphatic carbocycles. The second-order valence-electron chi connectivity index (χ2n) is 5.41. The first-order chi connectivity index (χ1) is 8.43. The first-order valence-electron chi connectivity index (χ1n) is 6.71. The van der Waals surface area contributed by atoms with E-state index in [0.717, 1.165) is 12.8 Å². The van der Waals surface area contributed by atoms with Gasteiger partial charge in [-0.3, -0.25) is 4.79 Å². The zero-order valence-electron chi connectivity index (χ0n) is 11.5. The molecule has 5 nitrogen and oxygen atoms in total. The van der Waals surface area contributed by atoms with Crippen LogP contribution in [0.5, 0.6) is 0 Å². The van der Waals surface area contributed by atoms with E-state index < -0.39 is 5.97 Å². The average Bonchev–Trinajstić information content (AvgIpc) is 2.72. The van der Waals surface area contributed by atoms with Crippen molar-refractivity contribution in [1.29, 1.82) is 0 Å². The summed E-state index contributed by atoms with van der Waals surface area (Å²) < 4.78 is 0. The summed E-state index contributed by atoms with van der Waals surface area (Å²) in [5, 5.41) is 11.8. The first-order valence-corrected chi connectivity index (χ1v) is 6.71. The van der Waals surface area contributed by atoms with E-state index in [1.807, 2.05) is 0 Å². The third kappa shape index (κ3) is 4.20. The van der Waals surface area contributed by atoms with Crippen LogP contribution in [0, 0.1) is 11.8 Å². The van der Waals surface area contributed by atoms with Crippen molar-refractivity contribution in [2.24, 2.45) is 11.8 Å². The number of carboxylic acid groups (broad SMARTS) is 1. The standard InChI is InChI=1S/C13H24N2O3/c1-4-11(9(2)3)14-13(18)15-6-5-10(8-15)7-12(16)17/h9-11H,4-8H2,1-3H3,(H,14,18)(H,16,17). The van der Waals surface area contributed by atoms with Gasteiger partial charge in [-0.05, 0) is 24.7 Å². The Bertz CT molecular complexity index is 305. The van der Waals surface area contributed by atoms with E-state index in [-0.39, 0.29) is 24.4 Å². The summed E-state index contributed by atoms with van der Waals surface area (Å²) in [6.07, 6.45) is 1.86. The second kappa shape index (κ2) is 6.61. The lowest BCUT2D eigenvalue weighted by Crippen LogP contribution is -2.45. The largest absolute Gasteiger partial charge is 0.481 e. The second-order valence-corrected chi connectivity index (χ2v) is 5.41. The maximum Gasteiger partial charge on any atom is 0.317 e. The third-order valence-corrected chi connectivity index (χ3v) is 3.59. The SMILES string of the molecule is CCC(NC(=O)N1CCC(CC(=O)O)C1)C(C)C. The molecule has 1 rings (SSSR count). The lowest BCUT2D eigenvalue weighted by atomic mass is 10.0. The maximum atomic E-state index is 12.0. The van der Waals surface area contributed by atoms with Crippen molar-refractivity contribution in [2.45, 2.75) is 46.1 Å². The quantitative estimate of drug-likeness (QED) is 0.789. The third-order valence-electron chi connectivity index (χ3n) is 3.59. The molecule has 1 aliphatic rings. The highest BCUT2D eigenvalue weighted by Gasteiger charge is 2.28. The van der Waals surface area contributed by atoms with Gasteiger partial charge < -0.3 is 15.3 Å². The zero-order chi connectivity index (χ0) is 13.7. The smallest absolute Gasteiger partial charge is 0.317 e. The summed E-state index contributed by atoms with van der Waals surface area (Å²) >= 11 is 0. The number of aliphatic carboxylic acids is 1. The van der Waals surface area contributed by atoms with Gasteiger partial charge in [-0.1, -0.05) is 20.8 Å². The van der Waals surface area contributed by atoms with E-state index in [2.05, 4.69) is 26.1 Å². The Hall–Kier alpha value is -1.26. The van der Waals surface area contributed by atoms with Gasteiger partial charge in [0.25, 0.3) is 0 Å². The molecule has 104 valence electrons. The predicted molar refractivity (Wildman–Crippen MR) is 69.4 cm³/mol. The van der Waals surface area contributed by atoms with Gasteiger partial charge in [0, 0.05) is 25.6 Å². The summed E-state index contributed by atoms with van der Waals surface area (Å²) in [5.41, 5.74) is 0. The minimum Gasteiger partial charge on any atom is -0.481 e. The molecule has 2 N–H and O–H groups in total. The highest BCUT2D eigenvalue weighted by molar-refractivity contribution is 5.75.